The second-order valence-corrected chi connectivity index (χ2v) is 6.41. The molecule has 1 saturated carbocycles. The predicted molar refractivity (Wildman–Crippen MR) is 86.2 cm³/mol. The Balaban J connectivity index is 1.73. The van der Waals surface area contributed by atoms with Crippen molar-refractivity contribution in [3.05, 3.63) is 52.8 Å². The normalized spacial score (nSPS) is 17.2. The Hall–Kier alpha value is -1.32. The SMILES string of the molecule is Cn1cc(CNC(c2ccc(Cl)cc2)C2CCCC2)cn1. The van der Waals surface area contributed by atoms with Gasteiger partial charge in [-0.15, -0.1) is 0 Å². The van der Waals surface area contributed by atoms with E-state index in [1.165, 1.54) is 36.8 Å². The van der Waals surface area contributed by atoms with E-state index in [2.05, 4.69) is 28.7 Å². The third-order valence-electron chi connectivity index (χ3n) is 4.38. The fraction of sp³-hybridized carbons (Fsp3) is 0.471. The molecule has 112 valence electrons. The molecule has 0 spiro atoms. The van der Waals surface area contributed by atoms with Gasteiger partial charge in [-0.3, -0.25) is 4.68 Å². The van der Waals surface area contributed by atoms with Crippen LogP contribution in [0.1, 0.15) is 42.9 Å². The van der Waals surface area contributed by atoms with Crippen LogP contribution in [0.25, 0.3) is 0 Å². The molecule has 0 amide bonds. The molecule has 1 heterocycles. The fourth-order valence-corrected chi connectivity index (χ4v) is 3.43. The summed E-state index contributed by atoms with van der Waals surface area (Å²) in [6, 6.07) is 8.70. The maximum absolute atomic E-state index is 6.02. The molecule has 1 unspecified atom stereocenters. The van der Waals surface area contributed by atoms with Gasteiger partial charge < -0.3 is 5.32 Å². The van der Waals surface area contributed by atoms with Gasteiger partial charge in [-0.2, -0.15) is 5.10 Å². The Labute approximate surface area is 131 Å². The van der Waals surface area contributed by atoms with Crippen LogP contribution in [0.15, 0.2) is 36.7 Å². The van der Waals surface area contributed by atoms with Crippen molar-refractivity contribution in [1.29, 1.82) is 0 Å². The summed E-state index contributed by atoms with van der Waals surface area (Å²) in [5.41, 5.74) is 2.57. The zero-order valence-electron chi connectivity index (χ0n) is 12.4. The lowest BCUT2D eigenvalue weighted by Gasteiger charge is -2.25. The number of nitrogens with one attached hydrogen (secondary N) is 1. The molecular formula is C17H22ClN3. The first kappa shape index (κ1) is 14.6. The minimum atomic E-state index is 0.407. The summed E-state index contributed by atoms with van der Waals surface area (Å²) in [5, 5.41) is 8.77. The number of hydrogen-bond donors (Lipinski definition) is 1. The van der Waals surface area contributed by atoms with Crippen LogP contribution < -0.4 is 5.32 Å². The molecular weight excluding hydrogens is 282 g/mol. The average Bonchev–Trinajstić information content (AvgIpc) is 3.13. The van der Waals surface area contributed by atoms with Gasteiger partial charge in [0.1, 0.15) is 0 Å². The number of rotatable bonds is 5. The van der Waals surface area contributed by atoms with Gasteiger partial charge in [0, 0.05) is 36.4 Å². The summed E-state index contributed by atoms with van der Waals surface area (Å²) < 4.78 is 1.85. The second-order valence-electron chi connectivity index (χ2n) is 5.98. The van der Waals surface area contributed by atoms with Crippen molar-refractivity contribution in [2.24, 2.45) is 13.0 Å². The van der Waals surface area contributed by atoms with Crippen molar-refractivity contribution in [1.82, 2.24) is 15.1 Å². The number of aromatic nitrogens is 2. The smallest absolute Gasteiger partial charge is 0.0534 e. The Morgan fingerprint density at radius 2 is 2.00 bits per heavy atom. The van der Waals surface area contributed by atoms with E-state index in [9.17, 15) is 0 Å². The Kier molecular flexibility index (Phi) is 4.61. The summed E-state index contributed by atoms with van der Waals surface area (Å²) in [4.78, 5) is 0. The Morgan fingerprint density at radius 3 is 2.62 bits per heavy atom. The largest absolute Gasteiger partial charge is 0.305 e. The fourth-order valence-electron chi connectivity index (χ4n) is 3.31. The third kappa shape index (κ3) is 3.66. The number of nitrogens with zero attached hydrogens (tertiary/aromatic N) is 2. The zero-order chi connectivity index (χ0) is 14.7. The first-order valence-electron chi connectivity index (χ1n) is 7.69. The van der Waals surface area contributed by atoms with E-state index >= 15 is 0 Å². The molecule has 21 heavy (non-hydrogen) atoms. The van der Waals surface area contributed by atoms with Crippen LogP contribution in [0.2, 0.25) is 5.02 Å². The lowest BCUT2D eigenvalue weighted by molar-refractivity contribution is 0.366. The van der Waals surface area contributed by atoms with Gasteiger partial charge in [-0.25, -0.2) is 0 Å². The van der Waals surface area contributed by atoms with Gasteiger partial charge in [-0.05, 0) is 36.5 Å². The van der Waals surface area contributed by atoms with Crippen molar-refractivity contribution in [3.63, 3.8) is 0 Å². The number of benzene rings is 1. The monoisotopic (exact) mass is 303 g/mol. The highest BCUT2D eigenvalue weighted by Crippen LogP contribution is 2.36. The Morgan fingerprint density at radius 1 is 1.29 bits per heavy atom. The number of aryl methyl sites for hydroxylation is 1. The number of halogens is 1. The van der Waals surface area contributed by atoms with Crippen LogP contribution in [0.5, 0.6) is 0 Å². The molecule has 0 radical (unpaired) electrons. The molecule has 0 saturated heterocycles. The Bertz CT molecular complexity index is 570. The van der Waals surface area contributed by atoms with Crippen LogP contribution in [-0.4, -0.2) is 9.78 Å². The summed E-state index contributed by atoms with van der Waals surface area (Å²) >= 11 is 6.02. The molecule has 1 fully saturated rings. The van der Waals surface area contributed by atoms with Crippen LogP contribution >= 0.6 is 11.6 Å². The molecule has 1 aromatic heterocycles. The minimum Gasteiger partial charge on any atom is -0.305 e. The van der Waals surface area contributed by atoms with Gasteiger partial charge >= 0.3 is 0 Å². The van der Waals surface area contributed by atoms with Crippen molar-refractivity contribution in [2.45, 2.75) is 38.3 Å². The quantitative estimate of drug-likeness (QED) is 0.901. The standard InChI is InChI=1S/C17H22ClN3/c1-21-12-13(11-20-21)10-19-17(14-4-2-3-5-14)15-6-8-16(18)9-7-15/h6-9,11-12,14,17,19H,2-5,10H2,1H3. The topological polar surface area (TPSA) is 29.9 Å². The van der Waals surface area contributed by atoms with E-state index in [0.29, 0.717) is 6.04 Å². The highest BCUT2D eigenvalue weighted by atomic mass is 35.5. The third-order valence-corrected chi connectivity index (χ3v) is 4.64. The average molecular weight is 304 g/mol. The van der Waals surface area contributed by atoms with Crippen molar-refractivity contribution in [3.8, 4) is 0 Å². The number of hydrogen-bond acceptors (Lipinski definition) is 2. The summed E-state index contributed by atoms with van der Waals surface area (Å²) in [5.74, 6) is 0.725. The van der Waals surface area contributed by atoms with Crippen molar-refractivity contribution in [2.75, 3.05) is 0 Å². The highest BCUT2D eigenvalue weighted by molar-refractivity contribution is 6.30. The van der Waals surface area contributed by atoms with Gasteiger partial charge in [0.25, 0.3) is 0 Å². The lowest BCUT2D eigenvalue weighted by atomic mass is 9.91. The van der Waals surface area contributed by atoms with Crippen LogP contribution in [0, 0.1) is 5.92 Å². The van der Waals surface area contributed by atoms with Gasteiger partial charge in [0.2, 0.25) is 0 Å². The molecule has 4 heteroatoms. The molecule has 1 aliphatic carbocycles. The van der Waals surface area contributed by atoms with Crippen LogP contribution in [-0.2, 0) is 13.6 Å². The molecule has 1 N–H and O–H groups in total. The molecule has 0 bridgehead atoms. The minimum absolute atomic E-state index is 0.407. The molecule has 2 aromatic rings. The van der Waals surface area contributed by atoms with Crippen molar-refractivity contribution < 1.29 is 0 Å². The molecule has 1 aromatic carbocycles. The maximum Gasteiger partial charge on any atom is 0.0534 e. The van der Waals surface area contributed by atoms with E-state index in [1.807, 2.05) is 30.1 Å². The van der Waals surface area contributed by atoms with Crippen molar-refractivity contribution >= 4 is 11.6 Å². The summed E-state index contributed by atoms with van der Waals surface area (Å²) in [7, 11) is 1.96. The van der Waals surface area contributed by atoms with Crippen LogP contribution in [0.4, 0.5) is 0 Å². The van der Waals surface area contributed by atoms with Gasteiger partial charge in [0.05, 0.1) is 6.20 Å². The second kappa shape index (κ2) is 6.63. The molecule has 1 atom stereocenters. The summed E-state index contributed by atoms with van der Waals surface area (Å²) in [6.45, 7) is 0.859. The molecule has 1 aliphatic rings. The molecule has 3 nitrogen and oxygen atoms in total. The molecule has 0 aliphatic heterocycles. The van der Waals surface area contributed by atoms with Gasteiger partial charge in [-0.1, -0.05) is 36.6 Å². The van der Waals surface area contributed by atoms with E-state index in [-0.39, 0.29) is 0 Å². The van der Waals surface area contributed by atoms with E-state index < -0.39 is 0 Å². The first-order valence-corrected chi connectivity index (χ1v) is 8.06. The van der Waals surface area contributed by atoms with E-state index in [4.69, 9.17) is 11.6 Å². The highest BCUT2D eigenvalue weighted by Gasteiger charge is 2.26. The summed E-state index contributed by atoms with van der Waals surface area (Å²) in [6.07, 6.45) is 9.33. The van der Waals surface area contributed by atoms with Crippen LogP contribution in [0.3, 0.4) is 0 Å². The predicted octanol–water partition coefficient (Wildman–Crippen LogP) is 4.09. The maximum atomic E-state index is 6.02. The van der Waals surface area contributed by atoms with E-state index in [0.717, 1.165) is 17.5 Å². The lowest BCUT2D eigenvalue weighted by Crippen LogP contribution is -2.26. The zero-order valence-corrected chi connectivity index (χ0v) is 13.2. The molecule has 3 rings (SSSR count). The first-order chi connectivity index (χ1) is 10.2. The van der Waals surface area contributed by atoms with E-state index in [1.54, 1.807) is 0 Å². The van der Waals surface area contributed by atoms with Gasteiger partial charge in [0.15, 0.2) is 0 Å².